The molecule has 1 atom stereocenters. The molecule has 1 aliphatic carbocycles. The zero-order valence-corrected chi connectivity index (χ0v) is 13.8. The van der Waals surface area contributed by atoms with E-state index in [1.807, 2.05) is 18.2 Å². The summed E-state index contributed by atoms with van der Waals surface area (Å²) in [5.74, 6) is -0.651. The van der Waals surface area contributed by atoms with Crippen molar-refractivity contribution in [2.45, 2.75) is 25.0 Å². The first-order valence-electron chi connectivity index (χ1n) is 7.67. The maximum Gasteiger partial charge on any atom is 0.157 e. The normalized spacial score (nSPS) is 15.4. The van der Waals surface area contributed by atoms with Gasteiger partial charge < -0.3 is 4.55 Å². The Bertz CT molecular complexity index is 866. The molecule has 0 saturated carbocycles. The maximum absolute atomic E-state index is 14.2. The molecule has 0 spiro atoms. The van der Waals surface area contributed by atoms with E-state index in [9.17, 15) is 8.60 Å². The van der Waals surface area contributed by atoms with E-state index < -0.39 is 16.9 Å². The van der Waals surface area contributed by atoms with Crippen molar-refractivity contribution < 1.29 is 13.2 Å². The van der Waals surface area contributed by atoms with Crippen LogP contribution in [0.3, 0.4) is 0 Å². The van der Waals surface area contributed by atoms with Gasteiger partial charge in [0.1, 0.15) is 5.82 Å². The van der Waals surface area contributed by atoms with Gasteiger partial charge in [-0.05, 0) is 59.7 Å². The highest BCUT2D eigenvalue weighted by Crippen LogP contribution is 2.40. The molecular weight excluding hydrogens is 325 g/mol. The van der Waals surface area contributed by atoms with Crippen molar-refractivity contribution in [1.29, 1.82) is 5.26 Å². The molecule has 0 aliphatic heterocycles. The van der Waals surface area contributed by atoms with Crippen LogP contribution in [0.1, 0.15) is 41.5 Å². The van der Waals surface area contributed by atoms with Crippen LogP contribution in [0.5, 0.6) is 0 Å². The van der Waals surface area contributed by atoms with Crippen LogP contribution >= 0.6 is 0 Å². The second-order valence-corrected chi connectivity index (χ2v) is 6.70. The lowest BCUT2D eigenvalue weighted by Gasteiger charge is -2.10. The molecule has 1 aliphatic rings. The molecule has 2 aromatic carbocycles. The van der Waals surface area contributed by atoms with Gasteiger partial charge >= 0.3 is 0 Å². The summed E-state index contributed by atoms with van der Waals surface area (Å²) in [5, 5.41) is 8.90. The fourth-order valence-corrected chi connectivity index (χ4v) is 3.61. The average Bonchev–Trinajstić information content (AvgIpc) is 3.06. The SMILES string of the molecule is N#Cc1ccc(C2=C(c3ccc(CS(=O)O)c(F)c3)CCC2)cc1. The highest BCUT2D eigenvalue weighted by atomic mass is 32.2. The summed E-state index contributed by atoms with van der Waals surface area (Å²) >= 11 is -2.05. The third kappa shape index (κ3) is 3.45. The Balaban J connectivity index is 1.98. The van der Waals surface area contributed by atoms with Gasteiger partial charge in [-0.25, -0.2) is 8.60 Å². The van der Waals surface area contributed by atoms with E-state index in [2.05, 4.69) is 6.07 Å². The van der Waals surface area contributed by atoms with Crippen LogP contribution in [-0.4, -0.2) is 8.76 Å². The monoisotopic (exact) mass is 341 g/mol. The lowest BCUT2D eigenvalue weighted by atomic mass is 9.96. The molecule has 0 bridgehead atoms. The topological polar surface area (TPSA) is 61.1 Å². The van der Waals surface area contributed by atoms with E-state index in [1.165, 1.54) is 11.6 Å². The summed E-state index contributed by atoms with van der Waals surface area (Å²) < 4.78 is 34.0. The Kier molecular flexibility index (Phi) is 4.89. The van der Waals surface area contributed by atoms with Crippen LogP contribution in [-0.2, 0) is 16.8 Å². The number of rotatable bonds is 4. The second-order valence-electron chi connectivity index (χ2n) is 5.77. The number of nitrogens with zero attached hydrogens (tertiary/aromatic N) is 1. The summed E-state index contributed by atoms with van der Waals surface area (Å²) in [6, 6.07) is 14.4. The van der Waals surface area contributed by atoms with Crippen molar-refractivity contribution in [3.63, 3.8) is 0 Å². The standard InChI is InChI=1S/C19H16FNO2S/c20-19-10-15(8-9-16(19)12-24(22)23)18-3-1-2-17(18)14-6-4-13(11-21)5-7-14/h4-10H,1-3,12H2,(H,22,23). The van der Waals surface area contributed by atoms with Gasteiger partial charge in [0.2, 0.25) is 0 Å². The van der Waals surface area contributed by atoms with Gasteiger partial charge in [-0.3, -0.25) is 0 Å². The molecule has 24 heavy (non-hydrogen) atoms. The molecule has 1 unspecified atom stereocenters. The van der Waals surface area contributed by atoms with Gasteiger partial charge in [0, 0.05) is 5.56 Å². The number of benzene rings is 2. The minimum atomic E-state index is -2.05. The maximum atomic E-state index is 14.2. The molecule has 0 radical (unpaired) electrons. The van der Waals surface area contributed by atoms with Crippen molar-refractivity contribution in [3.05, 3.63) is 70.5 Å². The van der Waals surface area contributed by atoms with Crippen LogP contribution in [0.15, 0.2) is 42.5 Å². The molecule has 0 amide bonds. The van der Waals surface area contributed by atoms with E-state index in [1.54, 1.807) is 18.2 Å². The minimum Gasteiger partial charge on any atom is -0.306 e. The summed E-state index contributed by atoms with van der Waals surface area (Å²) in [5.41, 5.74) is 5.02. The fourth-order valence-electron chi connectivity index (χ4n) is 3.11. The Morgan fingerprint density at radius 3 is 2.29 bits per heavy atom. The molecule has 3 nitrogen and oxygen atoms in total. The van der Waals surface area contributed by atoms with E-state index in [4.69, 9.17) is 9.81 Å². The van der Waals surface area contributed by atoms with E-state index >= 15 is 0 Å². The van der Waals surface area contributed by atoms with Crippen molar-refractivity contribution in [1.82, 2.24) is 0 Å². The number of halogens is 1. The van der Waals surface area contributed by atoms with E-state index in [0.29, 0.717) is 5.56 Å². The van der Waals surface area contributed by atoms with Crippen LogP contribution < -0.4 is 0 Å². The molecule has 2 aromatic rings. The van der Waals surface area contributed by atoms with Crippen molar-refractivity contribution in [2.75, 3.05) is 0 Å². The minimum absolute atomic E-state index is 0.201. The smallest absolute Gasteiger partial charge is 0.157 e. The Hall–Kier alpha value is -2.29. The van der Waals surface area contributed by atoms with E-state index in [-0.39, 0.29) is 11.3 Å². The third-order valence-corrected chi connectivity index (χ3v) is 4.82. The number of hydrogen-bond acceptors (Lipinski definition) is 2. The first-order chi connectivity index (χ1) is 11.6. The Labute approximate surface area is 142 Å². The number of nitriles is 1. The lowest BCUT2D eigenvalue weighted by Crippen LogP contribution is -1.98. The third-order valence-electron chi connectivity index (χ3n) is 4.26. The highest BCUT2D eigenvalue weighted by Gasteiger charge is 2.19. The van der Waals surface area contributed by atoms with Gasteiger partial charge in [0.15, 0.2) is 11.1 Å². The van der Waals surface area contributed by atoms with Gasteiger partial charge in [-0.15, -0.1) is 0 Å². The molecular formula is C19H16FNO2S. The molecule has 0 heterocycles. The summed E-state index contributed by atoms with van der Waals surface area (Å²) in [6.07, 6.45) is 2.81. The lowest BCUT2D eigenvalue weighted by molar-refractivity contribution is 0.559. The van der Waals surface area contributed by atoms with Gasteiger partial charge in [-0.1, -0.05) is 24.3 Å². The number of allylic oxidation sites excluding steroid dienone is 2. The summed E-state index contributed by atoms with van der Waals surface area (Å²) in [4.78, 5) is 0. The quantitative estimate of drug-likeness (QED) is 0.832. The zero-order valence-electron chi connectivity index (χ0n) is 13.0. The number of hydrogen-bond donors (Lipinski definition) is 1. The van der Waals surface area contributed by atoms with Crippen LogP contribution in [0.2, 0.25) is 0 Å². The van der Waals surface area contributed by atoms with Crippen molar-refractivity contribution in [3.8, 4) is 6.07 Å². The zero-order chi connectivity index (χ0) is 17.1. The Morgan fingerprint density at radius 2 is 1.71 bits per heavy atom. The molecule has 5 heteroatoms. The largest absolute Gasteiger partial charge is 0.306 e. The second kappa shape index (κ2) is 7.08. The molecule has 1 N–H and O–H groups in total. The average molecular weight is 341 g/mol. The summed E-state index contributed by atoms with van der Waals surface area (Å²) in [6.45, 7) is 0. The first-order valence-corrected chi connectivity index (χ1v) is 8.95. The fraction of sp³-hybridized carbons (Fsp3) is 0.211. The van der Waals surface area contributed by atoms with Crippen LogP contribution in [0.4, 0.5) is 4.39 Å². The molecule has 0 aromatic heterocycles. The molecule has 122 valence electrons. The Morgan fingerprint density at radius 1 is 1.08 bits per heavy atom. The van der Waals surface area contributed by atoms with Gasteiger partial charge in [0.25, 0.3) is 0 Å². The van der Waals surface area contributed by atoms with Gasteiger partial charge in [-0.2, -0.15) is 5.26 Å². The predicted octanol–water partition coefficient (Wildman–Crippen LogP) is 4.51. The van der Waals surface area contributed by atoms with E-state index in [0.717, 1.165) is 36.0 Å². The molecule has 3 rings (SSSR count). The predicted molar refractivity (Wildman–Crippen MR) is 92.7 cm³/mol. The highest BCUT2D eigenvalue weighted by molar-refractivity contribution is 7.78. The summed E-state index contributed by atoms with van der Waals surface area (Å²) in [7, 11) is 0. The van der Waals surface area contributed by atoms with Crippen molar-refractivity contribution in [2.24, 2.45) is 0 Å². The van der Waals surface area contributed by atoms with Crippen LogP contribution in [0.25, 0.3) is 11.1 Å². The first kappa shape index (κ1) is 16.6. The van der Waals surface area contributed by atoms with Crippen LogP contribution in [0, 0.1) is 17.1 Å². The molecule has 0 saturated heterocycles. The van der Waals surface area contributed by atoms with Gasteiger partial charge in [0.05, 0.1) is 17.4 Å². The molecule has 0 fully saturated rings. The van der Waals surface area contributed by atoms with Crippen molar-refractivity contribution >= 4 is 22.2 Å².